The molecule has 0 fully saturated rings. The van der Waals surface area contributed by atoms with E-state index < -0.39 is 10.0 Å². The summed E-state index contributed by atoms with van der Waals surface area (Å²) >= 11 is 0. The molecule has 0 saturated heterocycles. The monoisotopic (exact) mass is 279 g/mol. The molecule has 2 aromatic rings. The van der Waals surface area contributed by atoms with E-state index in [-0.39, 0.29) is 5.82 Å². The Morgan fingerprint density at radius 2 is 1.74 bits per heavy atom. The topological polar surface area (TPSA) is 46.2 Å². The number of hydrogen-bond acceptors (Lipinski definition) is 2. The fraction of sp³-hybridized carbons (Fsp3) is 0.143. The van der Waals surface area contributed by atoms with Crippen LogP contribution in [0, 0.1) is 5.82 Å². The van der Waals surface area contributed by atoms with Crippen LogP contribution in [0.25, 0.3) is 0 Å². The van der Waals surface area contributed by atoms with E-state index in [1.54, 1.807) is 18.2 Å². The van der Waals surface area contributed by atoms with E-state index in [4.69, 9.17) is 0 Å². The van der Waals surface area contributed by atoms with Crippen molar-refractivity contribution >= 4 is 15.7 Å². The Hall–Kier alpha value is -1.88. The summed E-state index contributed by atoms with van der Waals surface area (Å²) in [6, 6.07) is 13.4. The Labute approximate surface area is 112 Å². The normalized spacial score (nSPS) is 11.3. The van der Waals surface area contributed by atoms with Gasteiger partial charge in [0, 0.05) is 5.69 Å². The fourth-order valence-electron chi connectivity index (χ4n) is 1.79. The molecule has 19 heavy (non-hydrogen) atoms. The highest BCUT2D eigenvalue weighted by molar-refractivity contribution is 7.92. The standard InChI is InChI=1S/C14H14FNO2S/c1-19(17,18)16-14-7-5-11(6-8-14)9-12-3-2-4-13(15)10-12/h2-8,10,16H,9H2,1H3. The molecule has 0 aliphatic heterocycles. The Kier molecular flexibility index (Phi) is 3.85. The molecule has 3 nitrogen and oxygen atoms in total. The Morgan fingerprint density at radius 1 is 1.05 bits per heavy atom. The minimum atomic E-state index is -3.25. The predicted molar refractivity (Wildman–Crippen MR) is 74.1 cm³/mol. The van der Waals surface area contributed by atoms with Crippen molar-refractivity contribution in [2.75, 3.05) is 11.0 Å². The highest BCUT2D eigenvalue weighted by Crippen LogP contribution is 2.15. The van der Waals surface area contributed by atoms with Crippen LogP contribution in [0.3, 0.4) is 0 Å². The van der Waals surface area contributed by atoms with Gasteiger partial charge in [-0.15, -0.1) is 0 Å². The van der Waals surface area contributed by atoms with Crippen LogP contribution in [0.15, 0.2) is 48.5 Å². The molecule has 0 amide bonds. The molecule has 2 aromatic carbocycles. The second-order valence-electron chi connectivity index (χ2n) is 4.38. The quantitative estimate of drug-likeness (QED) is 0.935. The van der Waals surface area contributed by atoms with Crippen molar-refractivity contribution in [2.45, 2.75) is 6.42 Å². The van der Waals surface area contributed by atoms with Crippen molar-refractivity contribution in [3.05, 3.63) is 65.5 Å². The average Bonchev–Trinajstić information content (AvgIpc) is 2.30. The molecule has 0 aliphatic carbocycles. The van der Waals surface area contributed by atoms with Crippen molar-refractivity contribution in [1.82, 2.24) is 0 Å². The Bertz CT molecular complexity index is 666. The zero-order chi connectivity index (χ0) is 13.9. The van der Waals surface area contributed by atoms with E-state index in [9.17, 15) is 12.8 Å². The van der Waals surface area contributed by atoms with Gasteiger partial charge in [-0.3, -0.25) is 4.72 Å². The molecule has 0 radical (unpaired) electrons. The van der Waals surface area contributed by atoms with Gasteiger partial charge >= 0.3 is 0 Å². The van der Waals surface area contributed by atoms with Crippen molar-refractivity contribution in [2.24, 2.45) is 0 Å². The molecule has 1 N–H and O–H groups in total. The van der Waals surface area contributed by atoms with Gasteiger partial charge in [0.15, 0.2) is 0 Å². The molecule has 0 aromatic heterocycles. The number of nitrogens with one attached hydrogen (secondary N) is 1. The van der Waals surface area contributed by atoms with E-state index in [0.29, 0.717) is 12.1 Å². The van der Waals surface area contributed by atoms with Crippen LogP contribution in [0.2, 0.25) is 0 Å². The summed E-state index contributed by atoms with van der Waals surface area (Å²) in [6.07, 6.45) is 1.71. The molecule has 0 unspecified atom stereocenters. The molecule has 0 aliphatic rings. The maximum atomic E-state index is 13.0. The van der Waals surface area contributed by atoms with Crippen molar-refractivity contribution in [1.29, 1.82) is 0 Å². The summed E-state index contributed by atoms with van der Waals surface area (Å²) in [7, 11) is -3.25. The predicted octanol–water partition coefficient (Wildman–Crippen LogP) is 2.79. The second kappa shape index (κ2) is 5.40. The minimum absolute atomic E-state index is 0.257. The number of benzene rings is 2. The van der Waals surface area contributed by atoms with Crippen LogP contribution in [0.4, 0.5) is 10.1 Å². The van der Waals surface area contributed by atoms with Gasteiger partial charge in [0.05, 0.1) is 6.26 Å². The number of anilines is 1. The van der Waals surface area contributed by atoms with Crippen LogP contribution in [-0.4, -0.2) is 14.7 Å². The highest BCUT2D eigenvalue weighted by Gasteiger charge is 2.02. The third-order valence-electron chi connectivity index (χ3n) is 2.55. The fourth-order valence-corrected chi connectivity index (χ4v) is 2.35. The number of sulfonamides is 1. The lowest BCUT2D eigenvalue weighted by atomic mass is 10.0. The van der Waals surface area contributed by atoms with Gasteiger partial charge in [-0.2, -0.15) is 0 Å². The summed E-state index contributed by atoms with van der Waals surface area (Å²) in [5.41, 5.74) is 2.39. The SMILES string of the molecule is CS(=O)(=O)Nc1ccc(Cc2cccc(F)c2)cc1. The van der Waals surface area contributed by atoms with Crippen LogP contribution >= 0.6 is 0 Å². The first-order valence-electron chi connectivity index (χ1n) is 5.73. The van der Waals surface area contributed by atoms with E-state index in [1.165, 1.54) is 12.1 Å². The molecular weight excluding hydrogens is 265 g/mol. The molecule has 5 heteroatoms. The van der Waals surface area contributed by atoms with Crippen molar-refractivity contribution in [3.63, 3.8) is 0 Å². The number of rotatable bonds is 4. The van der Waals surface area contributed by atoms with E-state index in [0.717, 1.165) is 17.4 Å². The van der Waals surface area contributed by atoms with Gasteiger partial charge in [-0.1, -0.05) is 24.3 Å². The van der Waals surface area contributed by atoms with E-state index in [2.05, 4.69) is 4.72 Å². The first-order valence-corrected chi connectivity index (χ1v) is 7.63. The highest BCUT2D eigenvalue weighted by atomic mass is 32.2. The summed E-state index contributed by atoms with van der Waals surface area (Å²) in [5, 5.41) is 0. The Morgan fingerprint density at radius 3 is 2.32 bits per heavy atom. The van der Waals surface area contributed by atoms with Crippen molar-refractivity contribution in [3.8, 4) is 0 Å². The smallest absolute Gasteiger partial charge is 0.229 e. The van der Waals surface area contributed by atoms with Gasteiger partial charge in [0.25, 0.3) is 0 Å². The lowest BCUT2D eigenvalue weighted by molar-refractivity contribution is 0.607. The molecule has 0 heterocycles. The average molecular weight is 279 g/mol. The molecule has 2 rings (SSSR count). The first-order chi connectivity index (χ1) is 8.92. The van der Waals surface area contributed by atoms with Crippen molar-refractivity contribution < 1.29 is 12.8 Å². The lowest BCUT2D eigenvalue weighted by Gasteiger charge is -2.06. The molecule has 0 atom stereocenters. The summed E-state index contributed by atoms with van der Waals surface area (Å²) in [6.45, 7) is 0. The summed E-state index contributed by atoms with van der Waals surface area (Å²) < 4.78 is 37.6. The molecule has 0 spiro atoms. The largest absolute Gasteiger partial charge is 0.284 e. The van der Waals surface area contributed by atoms with Gasteiger partial charge < -0.3 is 0 Å². The molecule has 0 saturated carbocycles. The summed E-state index contributed by atoms with van der Waals surface area (Å²) in [5.74, 6) is -0.257. The van der Waals surface area contributed by atoms with Crippen LogP contribution in [0.5, 0.6) is 0 Å². The van der Waals surface area contributed by atoms with Gasteiger partial charge in [0.2, 0.25) is 10.0 Å². The molecular formula is C14H14FNO2S. The number of halogens is 1. The van der Waals surface area contributed by atoms with Gasteiger partial charge in [0.1, 0.15) is 5.82 Å². The third kappa shape index (κ3) is 4.37. The Balaban J connectivity index is 2.11. The summed E-state index contributed by atoms with van der Waals surface area (Å²) in [4.78, 5) is 0. The molecule has 0 bridgehead atoms. The molecule has 100 valence electrons. The van der Waals surface area contributed by atoms with E-state index in [1.807, 2.05) is 18.2 Å². The van der Waals surface area contributed by atoms with E-state index >= 15 is 0 Å². The zero-order valence-electron chi connectivity index (χ0n) is 10.4. The van der Waals surface area contributed by atoms with Gasteiger partial charge in [-0.05, 0) is 41.8 Å². The minimum Gasteiger partial charge on any atom is -0.284 e. The third-order valence-corrected chi connectivity index (χ3v) is 3.16. The number of hydrogen-bond donors (Lipinski definition) is 1. The lowest BCUT2D eigenvalue weighted by Crippen LogP contribution is -2.09. The zero-order valence-corrected chi connectivity index (χ0v) is 11.2. The first kappa shape index (κ1) is 13.5. The van der Waals surface area contributed by atoms with Crippen LogP contribution in [0.1, 0.15) is 11.1 Å². The second-order valence-corrected chi connectivity index (χ2v) is 6.13. The maximum Gasteiger partial charge on any atom is 0.229 e. The van der Waals surface area contributed by atoms with Crippen LogP contribution < -0.4 is 4.72 Å². The maximum absolute atomic E-state index is 13.0. The van der Waals surface area contributed by atoms with Crippen LogP contribution in [-0.2, 0) is 16.4 Å². The van der Waals surface area contributed by atoms with Gasteiger partial charge in [-0.25, -0.2) is 12.8 Å².